The van der Waals surface area contributed by atoms with Crippen LogP contribution in [0.4, 0.5) is 5.13 Å². The second-order valence-corrected chi connectivity index (χ2v) is 3.16. The van der Waals surface area contributed by atoms with E-state index in [0.717, 1.165) is 4.88 Å². The molecule has 2 nitrogen and oxygen atoms in total. The third-order valence-electron chi connectivity index (χ3n) is 0.581. The van der Waals surface area contributed by atoms with Gasteiger partial charge >= 0.3 is 0 Å². The molecule has 0 bridgehead atoms. The Morgan fingerprint density at radius 2 is 1.77 bits per heavy atom. The van der Waals surface area contributed by atoms with Gasteiger partial charge in [0, 0.05) is 37.8 Å². The van der Waals surface area contributed by atoms with Crippen molar-refractivity contribution in [3.63, 3.8) is 0 Å². The first-order valence-electron chi connectivity index (χ1n) is 4.31. The predicted molar refractivity (Wildman–Crippen MR) is 57.4 cm³/mol. The number of anilines is 1. The smallest absolute Gasteiger partial charge is 0.0212 e. The van der Waals surface area contributed by atoms with Crippen LogP contribution in [0.15, 0.2) is 0 Å². The molecule has 0 spiro atoms. The normalized spacial score (nSPS) is 6.85. The fraction of sp³-hybridized carbons (Fsp3) is 0.667. The number of aryl methyl sites for hydroxylation is 1. The van der Waals surface area contributed by atoms with Crippen molar-refractivity contribution >= 4 is 16.5 Å². The summed E-state index contributed by atoms with van der Waals surface area (Å²) in [5.74, 6) is 0. The van der Waals surface area contributed by atoms with E-state index in [-0.39, 0.29) is 32.7 Å². The molecule has 0 aliphatic carbocycles. The van der Waals surface area contributed by atoms with Gasteiger partial charge in [0.25, 0.3) is 0 Å². The molecule has 1 radical (unpaired) electrons. The van der Waals surface area contributed by atoms with Crippen LogP contribution in [0.1, 0.15) is 39.0 Å². The topological polar surface area (TPSA) is 38.9 Å². The number of aromatic nitrogens is 1. The summed E-state index contributed by atoms with van der Waals surface area (Å²) in [6, 6.07) is 0. The van der Waals surface area contributed by atoms with Crippen molar-refractivity contribution in [2.45, 2.75) is 41.0 Å². The van der Waals surface area contributed by atoms with Crippen LogP contribution in [0, 0.1) is 13.1 Å². The van der Waals surface area contributed by atoms with E-state index in [4.69, 9.17) is 5.73 Å². The molecule has 1 aromatic heterocycles. The van der Waals surface area contributed by atoms with Gasteiger partial charge < -0.3 is 10.7 Å². The maximum atomic E-state index is 5.25. The molecular weight excluding hydrogens is 257 g/mol. The molecule has 4 heteroatoms. The summed E-state index contributed by atoms with van der Waals surface area (Å²) in [6.07, 6.45) is 3.96. The average Bonchev–Trinajstić information content (AvgIpc) is 2.40. The third-order valence-corrected chi connectivity index (χ3v) is 1.28. The van der Waals surface area contributed by atoms with Crippen LogP contribution in [0.25, 0.3) is 0 Å². The van der Waals surface area contributed by atoms with Crippen LogP contribution in [0.2, 0.25) is 0 Å². The largest absolute Gasteiger partial charge is 0.452 e. The number of hydrogen-bond donors (Lipinski definition) is 1. The molecule has 0 fully saturated rings. The molecule has 13 heavy (non-hydrogen) atoms. The Hall–Kier alpha value is 0.534. The SMILES string of the molecule is CC.CCC.Cc1[c-]nc(N)s1.[Y]. The number of thiazole rings is 1. The summed E-state index contributed by atoms with van der Waals surface area (Å²) in [5.41, 5.74) is 5.25. The molecule has 1 aromatic rings. The molecule has 0 saturated heterocycles. The second kappa shape index (κ2) is 15.0. The number of rotatable bonds is 0. The number of nitrogens with two attached hydrogens (primary N) is 1. The zero-order chi connectivity index (χ0) is 9.98. The molecule has 1 heterocycles. The van der Waals surface area contributed by atoms with Gasteiger partial charge in [-0.15, -0.1) is 6.20 Å². The maximum Gasteiger partial charge on any atom is 0.0212 e. The molecule has 0 atom stereocenters. The Morgan fingerprint density at radius 3 is 1.85 bits per heavy atom. The van der Waals surface area contributed by atoms with Crippen molar-refractivity contribution in [2.75, 3.05) is 5.73 Å². The zero-order valence-corrected chi connectivity index (χ0v) is 12.9. The minimum atomic E-state index is 0. The summed E-state index contributed by atoms with van der Waals surface area (Å²) in [5, 5.41) is 0.595. The monoisotopic (exact) mass is 276 g/mol. The Morgan fingerprint density at radius 1 is 1.38 bits per heavy atom. The van der Waals surface area contributed by atoms with Gasteiger partial charge in [0.2, 0.25) is 0 Å². The average molecular weight is 276 g/mol. The standard InChI is InChI=1S/C4H5N2S.C3H8.C2H6.Y/c1-3-2-6-4(5)7-3;1-3-2;1-2;/h1H3,(H2,5,6);3H2,1-2H3;1-2H3;/q-1;;;. The summed E-state index contributed by atoms with van der Waals surface area (Å²) in [7, 11) is 0. The molecule has 0 aromatic carbocycles. The molecule has 1 rings (SSSR count). The van der Waals surface area contributed by atoms with E-state index in [1.165, 1.54) is 17.8 Å². The van der Waals surface area contributed by atoms with Gasteiger partial charge in [-0.1, -0.05) is 39.0 Å². The molecule has 0 saturated carbocycles. The molecule has 0 unspecified atom stereocenters. The van der Waals surface area contributed by atoms with Gasteiger partial charge in [-0.25, -0.2) is 11.3 Å². The Bertz CT molecular complexity index is 161. The van der Waals surface area contributed by atoms with E-state index in [1.54, 1.807) is 0 Å². The van der Waals surface area contributed by atoms with Gasteiger partial charge in [0.15, 0.2) is 0 Å². The Balaban J connectivity index is -0.000000146. The van der Waals surface area contributed by atoms with Crippen LogP contribution in [-0.4, -0.2) is 4.98 Å². The van der Waals surface area contributed by atoms with Crippen molar-refractivity contribution < 1.29 is 32.7 Å². The molecular formula is C9H19N2SY-. The summed E-state index contributed by atoms with van der Waals surface area (Å²) < 4.78 is 0. The minimum Gasteiger partial charge on any atom is -0.452 e. The first-order chi connectivity index (χ1) is 5.70. The Labute approximate surface area is 111 Å². The first-order valence-corrected chi connectivity index (χ1v) is 5.12. The summed E-state index contributed by atoms with van der Waals surface area (Å²) in [6.45, 7) is 10.2. The second-order valence-electron chi connectivity index (χ2n) is 1.93. The van der Waals surface area contributed by atoms with Crippen molar-refractivity contribution in [3.8, 4) is 0 Å². The maximum absolute atomic E-state index is 5.25. The van der Waals surface area contributed by atoms with Gasteiger partial charge in [-0.2, -0.15) is 0 Å². The van der Waals surface area contributed by atoms with Crippen molar-refractivity contribution in [2.24, 2.45) is 0 Å². The molecule has 2 N–H and O–H groups in total. The zero-order valence-electron chi connectivity index (χ0n) is 9.22. The third kappa shape index (κ3) is 15.3. The van der Waals surface area contributed by atoms with Gasteiger partial charge in [-0.05, 0) is 6.92 Å². The van der Waals surface area contributed by atoms with Crippen molar-refractivity contribution in [3.05, 3.63) is 11.1 Å². The van der Waals surface area contributed by atoms with Crippen LogP contribution in [-0.2, 0) is 32.7 Å². The summed E-state index contributed by atoms with van der Waals surface area (Å²) >= 11 is 1.45. The molecule has 0 aliphatic heterocycles. The predicted octanol–water partition coefficient (Wildman–Crippen LogP) is 3.27. The van der Waals surface area contributed by atoms with E-state index in [0.29, 0.717) is 5.13 Å². The fourth-order valence-corrected chi connectivity index (χ4v) is 0.833. The van der Waals surface area contributed by atoms with Gasteiger partial charge in [-0.3, -0.25) is 0 Å². The minimum absolute atomic E-state index is 0. The van der Waals surface area contributed by atoms with Crippen LogP contribution in [0.3, 0.4) is 0 Å². The van der Waals surface area contributed by atoms with E-state index >= 15 is 0 Å². The molecule has 0 aliphatic rings. The van der Waals surface area contributed by atoms with Crippen LogP contribution in [0.5, 0.6) is 0 Å². The first kappa shape index (κ1) is 19.2. The van der Waals surface area contributed by atoms with E-state index in [2.05, 4.69) is 25.0 Å². The van der Waals surface area contributed by atoms with E-state index < -0.39 is 0 Å². The van der Waals surface area contributed by atoms with Crippen LogP contribution >= 0.6 is 11.3 Å². The van der Waals surface area contributed by atoms with Crippen LogP contribution < -0.4 is 5.73 Å². The number of nitrogens with zero attached hydrogens (tertiary/aromatic N) is 1. The van der Waals surface area contributed by atoms with E-state index in [1.807, 2.05) is 20.8 Å². The molecule has 0 amide bonds. The molecule has 75 valence electrons. The van der Waals surface area contributed by atoms with Crippen molar-refractivity contribution in [1.29, 1.82) is 0 Å². The van der Waals surface area contributed by atoms with E-state index in [9.17, 15) is 0 Å². The number of nitrogen functional groups attached to an aromatic ring is 1. The quantitative estimate of drug-likeness (QED) is 0.739. The number of hydrogen-bond acceptors (Lipinski definition) is 3. The van der Waals surface area contributed by atoms with Gasteiger partial charge in [0.05, 0.1) is 0 Å². The fourth-order valence-electron chi connectivity index (χ4n) is 0.336. The Kier molecular flexibility index (Phi) is 22.1. The van der Waals surface area contributed by atoms with Crippen molar-refractivity contribution in [1.82, 2.24) is 4.98 Å². The van der Waals surface area contributed by atoms with Gasteiger partial charge in [0.1, 0.15) is 0 Å². The summed E-state index contributed by atoms with van der Waals surface area (Å²) in [4.78, 5) is 4.73.